The lowest BCUT2D eigenvalue weighted by Crippen LogP contribution is -2.22. The molecule has 4 aromatic rings. The number of nitrogens with zero attached hydrogens (tertiary/aromatic N) is 2. The van der Waals surface area contributed by atoms with Crippen LogP contribution in [-0.4, -0.2) is 22.6 Å². The second-order valence-electron chi connectivity index (χ2n) is 7.82. The summed E-state index contributed by atoms with van der Waals surface area (Å²) in [6.07, 6.45) is 7.96. The monoisotopic (exact) mass is 436 g/mol. The first kappa shape index (κ1) is 21.4. The van der Waals surface area contributed by atoms with Gasteiger partial charge in [0.25, 0.3) is 5.56 Å². The summed E-state index contributed by atoms with van der Waals surface area (Å²) in [7, 11) is 1.64. The number of thiazole rings is 1. The summed E-state index contributed by atoms with van der Waals surface area (Å²) in [4.78, 5) is 18.2. The number of rotatable bonds is 9. The second kappa shape index (κ2) is 9.52. The number of hydrogen-bond donors (Lipinski definition) is 0. The molecule has 5 nitrogen and oxygen atoms in total. The second-order valence-corrected chi connectivity index (χ2v) is 8.83. The van der Waals surface area contributed by atoms with Crippen molar-refractivity contribution in [3.8, 4) is 11.5 Å². The maximum absolute atomic E-state index is 13.0. The molecule has 0 aliphatic heterocycles. The molecule has 0 spiro atoms. The van der Waals surface area contributed by atoms with E-state index in [2.05, 4.69) is 18.8 Å². The van der Waals surface area contributed by atoms with Crippen LogP contribution in [0.1, 0.15) is 51.5 Å². The van der Waals surface area contributed by atoms with Crippen molar-refractivity contribution in [1.82, 2.24) is 9.38 Å². The molecule has 4 rings (SSSR count). The van der Waals surface area contributed by atoms with Gasteiger partial charge in [-0.2, -0.15) is 0 Å². The Morgan fingerprint density at radius 1 is 1.13 bits per heavy atom. The minimum absolute atomic E-state index is 0.0475. The number of methoxy groups -OCH3 is 1. The predicted octanol–water partition coefficient (Wildman–Crippen LogP) is 5.20. The molecule has 2 aromatic carbocycles. The summed E-state index contributed by atoms with van der Waals surface area (Å²) >= 11 is 1.40. The van der Waals surface area contributed by atoms with Crippen LogP contribution < -0.4 is 19.6 Å². The average Bonchev–Trinajstić information content (AvgIpc) is 3.28. The Morgan fingerprint density at radius 2 is 1.97 bits per heavy atom. The summed E-state index contributed by atoms with van der Waals surface area (Å²) in [5, 5.41) is 0. The van der Waals surface area contributed by atoms with E-state index in [9.17, 15) is 4.79 Å². The normalized spacial score (nSPS) is 13.2. The van der Waals surface area contributed by atoms with Gasteiger partial charge in [0, 0.05) is 0 Å². The summed E-state index contributed by atoms with van der Waals surface area (Å²) in [5.41, 5.74) is 2.52. The van der Waals surface area contributed by atoms with Crippen LogP contribution in [0.5, 0.6) is 11.5 Å². The smallest absolute Gasteiger partial charge is 0.274 e. The standard InChI is InChI=1S/C25H28N2O3S/c1-4-5-6-7-10-17(2)30-21-14-13-18(15-22(21)29-3)16-23-24(28)27-20-12-9-8-11-19(20)26-25(27)31-23/h8-9,11-17H,4-7,10H2,1-3H3/b23-16-/t17-/m0/s1. The van der Waals surface area contributed by atoms with Crippen LogP contribution >= 0.6 is 11.3 Å². The van der Waals surface area contributed by atoms with Gasteiger partial charge in [0.15, 0.2) is 16.5 Å². The zero-order valence-corrected chi connectivity index (χ0v) is 19.1. The lowest BCUT2D eigenvalue weighted by atomic mass is 10.1. The Bertz CT molecular complexity index is 1290. The molecule has 162 valence electrons. The number of fused-ring (bicyclic) bond motifs is 3. The van der Waals surface area contributed by atoms with Gasteiger partial charge in [-0.1, -0.05) is 55.7 Å². The highest BCUT2D eigenvalue weighted by atomic mass is 32.1. The SMILES string of the molecule is CCCCCC[C@H](C)Oc1ccc(/C=c2\sc3nc4ccccc4n3c2=O)cc1OC. The lowest BCUT2D eigenvalue weighted by Gasteiger charge is -2.17. The number of benzene rings is 2. The molecule has 0 saturated carbocycles. The van der Waals surface area contributed by atoms with E-state index < -0.39 is 0 Å². The van der Waals surface area contributed by atoms with E-state index in [0.29, 0.717) is 15.2 Å². The molecule has 0 aliphatic rings. The topological polar surface area (TPSA) is 52.8 Å². The van der Waals surface area contributed by atoms with Crippen LogP contribution in [-0.2, 0) is 0 Å². The van der Waals surface area contributed by atoms with Gasteiger partial charge in [-0.15, -0.1) is 0 Å². The molecule has 2 aromatic heterocycles. The lowest BCUT2D eigenvalue weighted by molar-refractivity contribution is 0.197. The fraction of sp³-hybridized carbons (Fsp3) is 0.360. The number of imidazole rings is 1. The zero-order valence-electron chi connectivity index (χ0n) is 18.3. The highest BCUT2D eigenvalue weighted by Gasteiger charge is 2.12. The molecule has 31 heavy (non-hydrogen) atoms. The fourth-order valence-corrected chi connectivity index (χ4v) is 4.76. The maximum Gasteiger partial charge on any atom is 0.274 e. The van der Waals surface area contributed by atoms with Crippen molar-refractivity contribution in [2.75, 3.05) is 7.11 Å². The van der Waals surface area contributed by atoms with Crippen LogP contribution in [0.4, 0.5) is 0 Å². The fourth-order valence-electron chi connectivity index (χ4n) is 3.77. The number of unbranched alkanes of at least 4 members (excludes halogenated alkanes) is 3. The van der Waals surface area contributed by atoms with Gasteiger partial charge >= 0.3 is 0 Å². The third kappa shape index (κ3) is 4.59. The molecule has 1 atom stereocenters. The quantitative estimate of drug-likeness (QED) is 0.338. The molecule has 0 N–H and O–H groups in total. The number of ether oxygens (including phenoxy) is 2. The van der Waals surface area contributed by atoms with Gasteiger partial charge in [-0.3, -0.25) is 4.79 Å². The summed E-state index contributed by atoms with van der Waals surface area (Å²) in [6.45, 7) is 4.32. The van der Waals surface area contributed by atoms with Gasteiger partial charge in [0.1, 0.15) is 0 Å². The van der Waals surface area contributed by atoms with E-state index in [1.165, 1.54) is 37.0 Å². The molecule has 0 fully saturated rings. The Balaban J connectivity index is 1.58. The molecule has 0 radical (unpaired) electrons. The highest BCUT2D eigenvalue weighted by molar-refractivity contribution is 7.15. The Hall–Kier alpha value is -2.86. The largest absolute Gasteiger partial charge is 0.493 e. The maximum atomic E-state index is 13.0. The van der Waals surface area contributed by atoms with E-state index in [-0.39, 0.29) is 11.7 Å². The molecule has 0 aliphatic carbocycles. The van der Waals surface area contributed by atoms with Crippen molar-refractivity contribution in [2.45, 2.75) is 52.1 Å². The minimum atomic E-state index is -0.0475. The molecule has 6 heteroatoms. The molecular weight excluding hydrogens is 408 g/mol. The molecule has 0 unspecified atom stereocenters. The Morgan fingerprint density at radius 3 is 2.77 bits per heavy atom. The van der Waals surface area contributed by atoms with Gasteiger partial charge < -0.3 is 9.47 Å². The number of hydrogen-bond acceptors (Lipinski definition) is 5. The van der Waals surface area contributed by atoms with E-state index in [4.69, 9.17) is 9.47 Å². The Labute approximate surface area is 185 Å². The van der Waals surface area contributed by atoms with Gasteiger partial charge in [-0.05, 0) is 55.7 Å². The van der Waals surface area contributed by atoms with Crippen molar-refractivity contribution in [2.24, 2.45) is 0 Å². The predicted molar refractivity (Wildman–Crippen MR) is 127 cm³/mol. The Kier molecular flexibility index (Phi) is 6.56. The van der Waals surface area contributed by atoms with Crippen molar-refractivity contribution in [3.05, 3.63) is 62.9 Å². The van der Waals surface area contributed by atoms with Crippen molar-refractivity contribution >= 4 is 33.4 Å². The first-order valence-electron chi connectivity index (χ1n) is 10.9. The first-order valence-corrected chi connectivity index (χ1v) is 11.7. The molecular formula is C25H28N2O3S. The van der Waals surface area contributed by atoms with Gasteiger partial charge in [0.05, 0.1) is 28.8 Å². The first-order chi connectivity index (χ1) is 15.1. The molecule has 0 bridgehead atoms. The van der Waals surface area contributed by atoms with E-state index in [1.54, 1.807) is 11.5 Å². The van der Waals surface area contributed by atoms with Crippen LogP contribution in [0.15, 0.2) is 47.3 Å². The highest BCUT2D eigenvalue weighted by Crippen LogP contribution is 2.30. The van der Waals surface area contributed by atoms with Crippen LogP contribution in [0.3, 0.4) is 0 Å². The van der Waals surface area contributed by atoms with Crippen LogP contribution in [0, 0.1) is 0 Å². The molecule has 0 amide bonds. The van der Waals surface area contributed by atoms with Crippen molar-refractivity contribution in [3.63, 3.8) is 0 Å². The summed E-state index contributed by atoms with van der Waals surface area (Å²) in [6, 6.07) is 13.5. The summed E-state index contributed by atoms with van der Waals surface area (Å²) < 4.78 is 14.0. The van der Waals surface area contributed by atoms with Crippen molar-refractivity contribution < 1.29 is 9.47 Å². The van der Waals surface area contributed by atoms with Crippen LogP contribution in [0.2, 0.25) is 0 Å². The third-order valence-electron chi connectivity index (χ3n) is 5.42. The summed E-state index contributed by atoms with van der Waals surface area (Å²) in [5.74, 6) is 1.41. The zero-order chi connectivity index (χ0) is 21.8. The molecule has 2 heterocycles. The van der Waals surface area contributed by atoms with Gasteiger partial charge in [0.2, 0.25) is 0 Å². The van der Waals surface area contributed by atoms with Gasteiger partial charge in [-0.25, -0.2) is 9.38 Å². The minimum Gasteiger partial charge on any atom is -0.493 e. The van der Waals surface area contributed by atoms with Crippen LogP contribution in [0.25, 0.3) is 22.1 Å². The van der Waals surface area contributed by atoms with E-state index >= 15 is 0 Å². The van der Waals surface area contributed by atoms with Crippen molar-refractivity contribution in [1.29, 1.82) is 0 Å². The molecule has 0 saturated heterocycles. The number of aromatic nitrogens is 2. The number of para-hydroxylation sites is 2. The average molecular weight is 437 g/mol. The van der Waals surface area contributed by atoms with E-state index in [0.717, 1.165) is 28.8 Å². The van der Waals surface area contributed by atoms with E-state index in [1.807, 2.05) is 48.5 Å². The third-order valence-corrected chi connectivity index (χ3v) is 6.39.